The highest BCUT2D eigenvalue weighted by Crippen LogP contribution is 2.35. The van der Waals surface area contributed by atoms with Crippen molar-refractivity contribution in [3.8, 4) is 5.75 Å². The zero-order valence-electron chi connectivity index (χ0n) is 17.9. The maximum Gasteiger partial charge on any atom is 0.283 e. The Labute approximate surface area is 220 Å². The maximum atomic E-state index is 13.0. The third kappa shape index (κ3) is 5.09. The summed E-state index contributed by atoms with van der Waals surface area (Å²) in [5.74, 6) is -1.46. The SMILES string of the molecule is COc1ccc(Cl)cc1NC(=O)c1cccc(NC2=C(Cl)C(=O)N(c3ccc(Cl)cc3Cl)C2=O)c1. The van der Waals surface area contributed by atoms with Crippen molar-refractivity contribution >= 4 is 81.2 Å². The summed E-state index contributed by atoms with van der Waals surface area (Å²) in [7, 11) is 1.47. The number of amides is 3. The Morgan fingerprint density at radius 2 is 1.60 bits per heavy atom. The number of benzene rings is 3. The average Bonchev–Trinajstić information content (AvgIpc) is 3.03. The summed E-state index contributed by atoms with van der Waals surface area (Å²) in [5, 5.41) is 6.13. The third-order valence-corrected chi connectivity index (χ3v) is 6.11. The van der Waals surface area contributed by atoms with E-state index in [0.717, 1.165) is 4.90 Å². The highest BCUT2D eigenvalue weighted by Gasteiger charge is 2.39. The molecule has 178 valence electrons. The molecule has 2 N–H and O–H groups in total. The molecular formula is C24H15Cl4N3O4. The first-order valence-corrected chi connectivity index (χ1v) is 11.5. The molecule has 0 spiro atoms. The number of anilines is 3. The van der Waals surface area contributed by atoms with E-state index in [4.69, 9.17) is 51.1 Å². The predicted molar refractivity (Wildman–Crippen MR) is 138 cm³/mol. The summed E-state index contributed by atoms with van der Waals surface area (Å²) in [6.45, 7) is 0. The largest absolute Gasteiger partial charge is 0.495 e. The van der Waals surface area contributed by atoms with E-state index in [0.29, 0.717) is 27.2 Å². The molecule has 3 aromatic rings. The molecule has 0 saturated carbocycles. The van der Waals surface area contributed by atoms with Gasteiger partial charge in [0, 0.05) is 21.3 Å². The van der Waals surface area contributed by atoms with Gasteiger partial charge < -0.3 is 15.4 Å². The number of carbonyl (C=O) groups excluding carboxylic acids is 3. The van der Waals surface area contributed by atoms with Crippen LogP contribution >= 0.6 is 46.4 Å². The van der Waals surface area contributed by atoms with Crippen molar-refractivity contribution in [3.05, 3.63) is 92.0 Å². The molecule has 7 nitrogen and oxygen atoms in total. The Kier molecular flexibility index (Phi) is 7.23. The summed E-state index contributed by atoms with van der Waals surface area (Å²) >= 11 is 24.3. The molecule has 1 aliphatic heterocycles. The fourth-order valence-electron chi connectivity index (χ4n) is 3.35. The number of nitrogens with one attached hydrogen (secondary N) is 2. The Bertz CT molecular complexity index is 1410. The molecule has 0 atom stereocenters. The van der Waals surface area contributed by atoms with Crippen molar-refractivity contribution in [2.45, 2.75) is 0 Å². The van der Waals surface area contributed by atoms with Gasteiger partial charge in [0.15, 0.2) is 0 Å². The van der Waals surface area contributed by atoms with Crippen LogP contribution in [0.15, 0.2) is 71.4 Å². The van der Waals surface area contributed by atoms with E-state index in [9.17, 15) is 14.4 Å². The molecule has 11 heteroatoms. The van der Waals surface area contributed by atoms with E-state index < -0.39 is 17.7 Å². The minimum absolute atomic E-state index is 0.111. The fourth-order valence-corrected chi connectivity index (χ4v) is 4.23. The molecule has 0 bridgehead atoms. The maximum absolute atomic E-state index is 13.0. The van der Waals surface area contributed by atoms with Crippen LogP contribution < -0.4 is 20.3 Å². The number of rotatable bonds is 6. The van der Waals surface area contributed by atoms with Gasteiger partial charge in [-0.15, -0.1) is 0 Å². The predicted octanol–water partition coefficient (Wildman–Crippen LogP) is 6.34. The van der Waals surface area contributed by atoms with E-state index >= 15 is 0 Å². The van der Waals surface area contributed by atoms with Gasteiger partial charge in [-0.3, -0.25) is 14.4 Å². The Balaban J connectivity index is 1.56. The van der Waals surface area contributed by atoms with E-state index in [2.05, 4.69) is 10.6 Å². The molecule has 1 heterocycles. The number of halogens is 4. The lowest BCUT2D eigenvalue weighted by Gasteiger charge is -2.17. The van der Waals surface area contributed by atoms with Gasteiger partial charge >= 0.3 is 0 Å². The summed E-state index contributed by atoms with van der Waals surface area (Å²) in [4.78, 5) is 39.4. The number of carbonyl (C=O) groups is 3. The molecule has 1 aliphatic rings. The summed E-state index contributed by atoms with van der Waals surface area (Å²) < 4.78 is 5.25. The standard InChI is InChI=1S/C24H15Cl4N3O4/c1-35-19-8-6-14(26)11-17(19)30-22(32)12-3-2-4-15(9-12)29-21-20(28)23(33)31(24(21)34)18-7-5-13(25)10-16(18)27/h2-11,29H,1H3,(H,30,32). The zero-order chi connectivity index (χ0) is 25.3. The number of ether oxygens (including phenoxy) is 1. The second-order valence-electron chi connectivity index (χ2n) is 7.23. The van der Waals surface area contributed by atoms with Crippen molar-refractivity contribution in [2.24, 2.45) is 0 Å². The first-order chi connectivity index (χ1) is 16.7. The van der Waals surface area contributed by atoms with Gasteiger partial charge in [0.05, 0.1) is 23.5 Å². The minimum atomic E-state index is -0.745. The number of methoxy groups -OCH3 is 1. The quantitative estimate of drug-likeness (QED) is 0.349. The lowest BCUT2D eigenvalue weighted by Crippen LogP contribution is -2.32. The number of hydrogen-bond acceptors (Lipinski definition) is 5. The fraction of sp³-hybridized carbons (Fsp3) is 0.0417. The van der Waals surface area contributed by atoms with Gasteiger partial charge in [0.1, 0.15) is 16.5 Å². The molecule has 0 aliphatic carbocycles. The second kappa shape index (κ2) is 10.2. The van der Waals surface area contributed by atoms with Gasteiger partial charge in [0.25, 0.3) is 17.7 Å². The van der Waals surface area contributed by atoms with Crippen molar-refractivity contribution in [3.63, 3.8) is 0 Å². The van der Waals surface area contributed by atoms with Crippen LogP contribution in [0.25, 0.3) is 0 Å². The van der Waals surface area contributed by atoms with Crippen LogP contribution in [0.5, 0.6) is 5.75 Å². The van der Waals surface area contributed by atoms with Crippen LogP contribution in [0, 0.1) is 0 Å². The van der Waals surface area contributed by atoms with E-state index in [1.54, 1.807) is 36.4 Å². The third-order valence-electron chi connectivity index (χ3n) is 4.98. The molecule has 3 aromatic carbocycles. The lowest BCUT2D eigenvalue weighted by molar-refractivity contribution is -0.120. The highest BCUT2D eigenvalue weighted by molar-refractivity contribution is 6.54. The van der Waals surface area contributed by atoms with E-state index in [1.807, 2.05) is 0 Å². The molecule has 0 aromatic heterocycles. The number of imide groups is 1. The van der Waals surface area contributed by atoms with Crippen molar-refractivity contribution in [1.82, 2.24) is 0 Å². The van der Waals surface area contributed by atoms with Crippen molar-refractivity contribution < 1.29 is 19.1 Å². The van der Waals surface area contributed by atoms with E-state index in [-0.39, 0.29) is 27.0 Å². The topological polar surface area (TPSA) is 87.7 Å². The molecule has 0 fully saturated rings. The second-order valence-corrected chi connectivity index (χ2v) is 8.89. The molecule has 35 heavy (non-hydrogen) atoms. The Morgan fingerprint density at radius 3 is 2.31 bits per heavy atom. The van der Waals surface area contributed by atoms with Gasteiger partial charge in [-0.05, 0) is 54.6 Å². The summed E-state index contributed by atoms with van der Waals surface area (Å²) in [5.41, 5.74) is 1.000. The smallest absolute Gasteiger partial charge is 0.283 e. The molecule has 3 amide bonds. The first-order valence-electron chi connectivity index (χ1n) is 9.95. The molecule has 4 rings (SSSR count). The van der Waals surface area contributed by atoms with Crippen LogP contribution in [0.4, 0.5) is 17.1 Å². The van der Waals surface area contributed by atoms with Gasteiger partial charge in [-0.25, -0.2) is 4.90 Å². The van der Waals surface area contributed by atoms with Crippen LogP contribution in [-0.4, -0.2) is 24.8 Å². The molecular weight excluding hydrogens is 536 g/mol. The minimum Gasteiger partial charge on any atom is -0.495 e. The monoisotopic (exact) mass is 549 g/mol. The summed E-state index contributed by atoms with van der Waals surface area (Å²) in [6.07, 6.45) is 0. The zero-order valence-corrected chi connectivity index (χ0v) is 20.9. The first kappa shape index (κ1) is 24.9. The number of hydrogen-bond donors (Lipinski definition) is 2. The highest BCUT2D eigenvalue weighted by atomic mass is 35.5. The molecule has 0 saturated heterocycles. The van der Waals surface area contributed by atoms with Gasteiger partial charge in [-0.2, -0.15) is 0 Å². The van der Waals surface area contributed by atoms with Gasteiger partial charge in [-0.1, -0.05) is 52.5 Å². The van der Waals surface area contributed by atoms with Gasteiger partial charge in [0.2, 0.25) is 0 Å². The van der Waals surface area contributed by atoms with Crippen LogP contribution in [-0.2, 0) is 9.59 Å². The van der Waals surface area contributed by atoms with Crippen LogP contribution in [0.1, 0.15) is 10.4 Å². The molecule has 0 unspecified atom stereocenters. The lowest BCUT2D eigenvalue weighted by atomic mass is 10.1. The Morgan fingerprint density at radius 1 is 0.886 bits per heavy atom. The number of nitrogens with zero attached hydrogens (tertiary/aromatic N) is 1. The normalized spacial score (nSPS) is 13.3. The Hall–Kier alpha value is -3.23. The molecule has 0 radical (unpaired) electrons. The van der Waals surface area contributed by atoms with E-state index in [1.165, 1.54) is 31.4 Å². The summed E-state index contributed by atoms with van der Waals surface area (Å²) in [6, 6.07) is 15.5. The van der Waals surface area contributed by atoms with Crippen molar-refractivity contribution in [1.29, 1.82) is 0 Å². The van der Waals surface area contributed by atoms with Crippen LogP contribution in [0.2, 0.25) is 15.1 Å². The van der Waals surface area contributed by atoms with Crippen LogP contribution in [0.3, 0.4) is 0 Å². The van der Waals surface area contributed by atoms with Crippen molar-refractivity contribution in [2.75, 3.05) is 22.6 Å². The average molecular weight is 551 g/mol.